The van der Waals surface area contributed by atoms with Crippen molar-refractivity contribution < 1.29 is 9.90 Å². The standard InChI is InChI=1S/C10H16N4O2/c1-11-10(9(15)16)4-2-3-8(5-10)14-7-12-6-13-14/h6-8,11H,2-5H2,1H3,(H,15,16). The summed E-state index contributed by atoms with van der Waals surface area (Å²) in [4.78, 5) is 15.2. The van der Waals surface area contributed by atoms with Gasteiger partial charge in [-0.3, -0.25) is 4.79 Å². The summed E-state index contributed by atoms with van der Waals surface area (Å²) in [6, 6.07) is 0.125. The van der Waals surface area contributed by atoms with Crippen molar-refractivity contribution in [1.82, 2.24) is 20.1 Å². The number of carboxylic acid groups (broad SMARTS) is 1. The molecule has 0 spiro atoms. The summed E-state index contributed by atoms with van der Waals surface area (Å²) in [6.07, 6.45) is 6.21. The van der Waals surface area contributed by atoms with Crippen LogP contribution in [-0.2, 0) is 4.79 Å². The van der Waals surface area contributed by atoms with Crippen molar-refractivity contribution in [3.63, 3.8) is 0 Å². The minimum absolute atomic E-state index is 0.125. The zero-order chi connectivity index (χ0) is 11.6. The maximum atomic E-state index is 11.3. The van der Waals surface area contributed by atoms with Crippen molar-refractivity contribution in [2.24, 2.45) is 0 Å². The Morgan fingerprint density at radius 3 is 3.06 bits per heavy atom. The van der Waals surface area contributed by atoms with Crippen molar-refractivity contribution >= 4 is 5.97 Å². The van der Waals surface area contributed by atoms with E-state index in [2.05, 4.69) is 15.4 Å². The molecule has 1 aliphatic rings. The summed E-state index contributed by atoms with van der Waals surface area (Å²) in [6.45, 7) is 0. The molecule has 1 aliphatic carbocycles. The quantitative estimate of drug-likeness (QED) is 0.778. The number of nitrogens with zero attached hydrogens (tertiary/aromatic N) is 3. The largest absolute Gasteiger partial charge is 0.480 e. The lowest BCUT2D eigenvalue weighted by Crippen LogP contribution is -2.53. The highest BCUT2D eigenvalue weighted by molar-refractivity contribution is 5.79. The molecule has 0 aromatic carbocycles. The van der Waals surface area contributed by atoms with Gasteiger partial charge in [-0.05, 0) is 32.7 Å². The Kier molecular flexibility index (Phi) is 2.91. The zero-order valence-corrected chi connectivity index (χ0v) is 9.26. The van der Waals surface area contributed by atoms with Gasteiger partial charge in [0.05, 0.1) is 6.04 Å². The number of aliphatic carboxylic acids is 1. The maximum Gasteiger partial charge on any atom is 0.323 e. The second-order valence-corrected chi connectivity index (χ2v) is 4.26. The van der Waals surface area contributed by atoms with E-state index in [1.165, 1.54) is 6.33 Å². The summed E-state index contributed by atoms with van der Waals surface area (Å²) >= 11 is 0. The van der Waals surface area contributed by atoms with Crippen LogP contribution >= 0.6 is 0 Å². The van der Waals surface area contributed by atoms with E-state index in [0.29, 0.717) is 12.8 Å². The van der Waals surface area contributed by atoms with Crippen LogP contribution in [0.5, 0.6) is 0 Å². The fraction of sp³-hybridized carbons (Fsp3) is 0.700. The van der Waals surface area contributed by atoms with Crippen molar-refractivity contribution in [3.05, 3.63) is 12.7 Å². The lowest BCUT2D eigenvalue weighted by molar-refractivity contribution is -0.146. The van der Waals surface area contributed by atoms with E-state index in [-0.39, 0.29) is 6.04 Å². The number of carbonyl (C=O) groups is 1. The lowest BCUT2D eigenvalue weighted by Gasteiger charge is -2.37. The third-order valence-corrected chi connectivity index (χ3v) is 3.42. The van der Waals surface area contributed by atoms with Gasteiger partial charge in [-0.2, -0.15) is 5.10 Å². The van der Waals surface area contributed by atoms with E-state index in [0.717, 1.165) is 12.8 Å². The molecule has 2 rings (SSSR count). The highest BCUT2D eigenvalue weighted by Gasteiger charge is 2.42. The number of likely N-dealkylation sites (N-methyl/N-ethyl adjacent to an activating group) is 1. The first-order valence-corrected chi connectivity index (χ1v) is 5.44. The van der Waals surface area contributed by atoms with Crippen LogP contribution in [-0.4, -0.2) is 38.4 Å². The molecule has 1 fully saturated rings. The predicted octanol–water partition coefficient (Wildman–Crippen LogP) is 0.436. The number of aromatic nitrogens is 3. The summed E-state index contributed by atoms with van der Waals surface area (Å²) in [5.74, 6) is -0.778. The molecular weight excluding hydrogens is 208 g/mol. The molecule has 2 unspecified atom stereocenters. The third kappa shape index (κ3) is 1.80. The number of hydrogen-bond acceptors (Lipinski definition) is 4. The fourth-order valence-corrected chi connectivity index (χ4v) is 2.41. The molecular formula is C10H16N4O2. The van der Waals surface area contributed by atoms with Crippen LogP contribution in [0.4, 0.5) is 0 Å². The topological polar surface area (TPSA) is 80.0 Å². The molecule has 0 aliphatic heterocycles. The lowest BCUT2D eigenvalue weighted by atomic mass is 9.79. The molecule has 1 heterocycles. The normalized spacial score (nSPS) is 30.2. The Morgan fingerprint density at radius 2 is 2.50 bits per heavy atom. The number of hydrogen-bond donors (Lipinski definition) is 2. The SMILES string of the molecule is CNC1(C(=O)O)CCCC(n2cncn2)C1. The van der Waals surface area contributed by atoms with Gasteiger partial charge in [-0.1, -0.05) is 0 Å². The molecule has 0 radical (unpaired) electrons. The van der Waals surface area contributed by atoms with Crippen molar-refractivity contribution in [2.75, 3.05) is 7.05 Å². The smallest absolute Gasteiger partial charge is 0.323 e. The molecule has 16 heavy (non-hydrogen) atoms. The fourth-order valence-electron chi connectivity index (χ4n) is 2.41. The summed E-state index contributed by atoms with van der Waals surface area (Å²) in [5.41, 5.74) is -0.811. The maximum absolute atomic E-state index is 11.3. The molecule has 0 bridgehead atoms. The molecule has 1 aromatic heterocycles. The van der Waals surface area contributed by atoms with Crippen LogP contribution in [0.1, 0.15) is 31.7 Å². The molecule has 1 aromatic rings. The third-order valence-electron chi connectivity index (χ3n) is 3.42. The average Bonchev–Trinajstić information content (AvgIpc) is 2.82. The summed E-state index contributed by atoms with van der Waals surface area (Å²) in [5, 5.41) is 16.3. The van der Waals surface area contributed by atoms with Gasteiger partial charge in [0.1, 0.15) is 18.2 Å². The minimum atomic E-state index is -0.811. The van der Waals surface area contributed by atoms with Crippen molar-refractivity contribution in [2.45, 2.75) is 37.3 Å². The summed E-state index contributed by atoms with van der Waals surface area (Å²) in [7, 11) is 1.71. The van der Waals surface area contributed by atoms with Gasteiger partial charge >= 0.3 is 5.97 Å². The van der Waals surface area contributed by atoms with E-state index in [1.807, 2.05) is 0 Å². The van der Waals surface area contributed by atoms with Crippen LogP contribution in [0.3, 0.4) is 0 Å². The first kappa shape index (κ1) is 11.1. The van der Waals surface area contributed by atoms with E-state index < -0.39 is 11.5 Å². The van der Waals surface area contributed by atoms with Gasteiger partial charge in [0.2, 0.25) is 0 Å². The summed E-state index contributed by atoms with van der Waals surface area (Å²) < 4.78 is 1.76. The number of rotatable bonds is 3. The number of nitrogens with one attached hydrogen (secondary N) is 1. The molecule has 0 amide bonds. The molecule has 88 valence electrons. The monoisotopic (exact) mass is 224 g/mol. The molecule has 2 N–H and O–H groups in total. The molecule has 6 nitrogen and oxygen atoms in total. The van der Waals surface area contributed by atoms with Crippen LogP contribution in [0, 0.1) is 0 Å². The second kappa shape index (κ2) is 4.21. The minimum Gasteiger partial charge on any atom is -0.480 e. The van der Waals surface area contributed by atoms with Gasteiger partial charge in [0, 0.05) is 0 Å². The zero-order valence-electron chi connectivity index (χ0n) is 9.26. The Bertz CT molecular complexity index is 365. The predicted molar refractivity (Wildman–Crippen MR) is 57.0 cm³/mol. The first-order valence-electron chi connectivity index (χ1n) is 5.44. The van der Waals surface area contributed by atoms with Crippen LogP contribution in [0.2, 0.25) is 0 Å². The van der Waals surface area contributed by atoms with E-state index >= 15 is 0 Å². The van der Waals surface area contributed by atoms with Gasteiger partial charge in [0.15, 0.2) is 0 Å². The van der Waals surface area contributed by atoms with E-state index in [1.54, 1.807) is 18.1 Å². The number of carboxylic acids is 1. The average molecular weight is 224 g/mol. The van der Waals surface area contributed by atoms with Gasteiger partial charge in [0.25, 0.3) is 0 Å². The van der Waals surface area contributed by atoms with Gasteiger partial charge in [-0.25, -0.2) is 9.67 Å². The van der Waals surface area contributed by atoms with Crippen LogP contribution in [0.25, 0.3) is 0 Å². The van der Waals surface area contributed by atoms with E-state index in [4.69, 9.17) is 0 Å². The Labute approximate surface area is 93.7 Å². The van der Waals surface area contributed by atoms with Crippen molar-refractivity contribution in [3.8, 4) is 0 Å². The second-order valence-electron chi connectivity index (χ2n) is 4.26. The van der Waals surface area contributed by atoms with Crippen LogP contribution in [0.15, 0.2) is 12.7 Å². The van der Waals surface area contributed by atoms with Crippen LogP contribution < -0.4 is 5.32 Å². The van der Waals surface area contributed by atoms with Crippen molar-refractivity contribution in [1.29, 1.82) is 0 Å². The highest BCUT2D eigenvalue weighted by Crippen LogP contribution is 2.34. The van der Waals surface area contributed by atoms with Gasteiger partial charge in [-0.15, -0.1) is 0 Å². The molecule has 2 atom stereocenters. The molecule has 6 heteroatoms. The highest BCUT2D eigenvalue weighted by atomic mass is 16.4. The Hall–Kier alpha value is -1.43. The Balaban J connectivity index is 2.18. The first-order chi connectivity index (χ1) is 7.68. The molecule has 1 saturated carbocycles. The van der Waals surface area contributed by atoms with Gasteiger partial charge < -0.3 is 10.4 Å². The molecule has 0 saturated heterocycles. The van der Waals surface area contributed by atoms with E-state index in [9.17, 15) is 9.90 Å². The Morgan fingerprint density at radius 1 is 1.69 bits per heavy atom.